The maximum atomic E-state index is 11.6. The zero-order valence-electron chi connectivity index (χ0n) is 10.2. The molecule has 1 heterocycles. The Morgan fingerprint density at radius 1 is 1.18 bits per heavy atom. The summed E-state index contributed by atoms with van der Waals surface area (Å²) in [6.45, 7) is 3.76. The molecule has 1 amide bonds. The SMILES string of the molecule is COC(=O)CCN1CCN(C(=O)CCCl)CC1. The number of hydrogen-bond acceptors (Lipinski definition) is 4. The number of alkyl halides is 1. The summed E-state index contributed by atoms with van der Waals surface area (Å²) < 4.78 is 4.59. The number of amides is 1. The van der Waals surface area contributed by atoms with Gasteiger partial charge in [-0.25, -0.2) is 0 Å². The van der Waals surface area contributed by atoms with E-state index in [4.69, 9.17) is 11.6 Å². The summed E-state index contributed by atoms with van der Waals surface area (Å²) in [5, 5.41) is 0. The smallest absolute Gasteiger partial charge is 0.306 e. The number of esters is 1. The van der Waals surface area contributed by atoms with Crippen LogP contribution in [0.5, 0.6) is 0 Å². The van der Waals surface area contributed by atoms with E-state index in [0.717, 1.165) is 26.2 Å². The van der Waals surface area contributed by atoms with Crippen molar-refractivity contribution >= 4 is 23.5 Å². The van der Waals surface area contributed by atoms with Crippen molar-refractivity contribution in [3.8, 4) is 0 Å². The molecule has 98 valence electrons. The second-order valence-corrected chi connectivity index (χ2v) is 4.37. The van der Waals surface area contributed by atoms with Crippen LogP contribution >= 0.6 is 11.6 Å². The molecule has 0 aliphatic carbocycles. The lowest BCUT2D eigenvalue weighted by Crippen LogP contribution is -2.49. The van der Waals surface area contributed by atoms with Crippen molar-refractivity contribution in [1.29, 1.82) is 0 Å². The van der Waals surface area contributed by atoms with E-state index < -0.39 is 0 Å². The van der Waals surface area contributed by atoms with Crippen molar-refractivity contribution in [3.05, 3.63) is 0 Å². The van der Waals surface area contributed by atoms with Gasteiger partial charge in [0.15, 0.2) is 0 Å². The average molecular weight is 263 g/mol. The van der Waals surface area contributed by atoms with Crippen LogP contribution in [0.15, 0.2) is 0 Å². The fourth-order valence-electron chi connectivity index (χ4n) is 1.81. The molecule has 0 N–H and O–H groups in total. The minimum absolute atomic E-state index is 0.118. The van der Waals surface area contributed by atoms with Crippen molar-refractivity contribution in [3.63, 3.8) is 0 Å². The molecule has 17 heavy (non-hydrogen) atoms. The highest BCUT2D eigenvalue weighted by Gasteiger charge is 2.20. The molecule has 0 radical (unpaired) electrons. The first kappa shape index (κ1) is 14.3. The van der Waals surface area contributed by atoms with Crippen LogP contribution in [0.3, 0.4) is 0 Å². The third-order valence-electron chi connectivity index (χ3n) is 2.89. The number of halogens is 1. The standard InChI is InChI=1S/C11H19ClN2O3/c1-17-11(16)3-5-13-6-8-14(9-7-13)10(15)2-4-12/h2-9H2,1H3. The molecule has 0 spiro atoms. The summed E-state index contributed by atoms with van der Waals surface area (Å²) in [6, 6.07) is 0. The Kier molecular flexibility index (Phi) is 6.29. The monoisotopic (exact) mass is 262 g/mol. The maximum absolute atomic E-state index is 11.6. The second-order valence-electron chi connectivity index (χ2n) is 3.99. The van der Waals surface area contributed by atoms with Gasteiger partial charge in [0, 0.05) is 45.0 Å². The van der Waals surface area contributed by atoms with E-state index in [2.05, 4.69) is 9.64 Å². The predicted octanol–water partition coefficient (Wildman–Crippen LogP) is 0.323. The Morgan fingerprint density at radius 2 is 1.82 bits per heavy atom. The van der Waals surface area contributed by atoms with Gasteiger partial charge in [0.25, 0.3) is 0 Å². The number of carbonyl (C=O) groups is 2. The van der Waals surface area contributed by atoms with Crippen LogP contribution in [0, 0.1) is 0 Å². The molecule has 0 unspecified atom stereocenters. The van der Waals surface area contributed by atoms with E-state index in [1.807, 2.05) is 4.90 Å². The molecule has 0 aromatic carbocycles. The molecule has 0 aromatic rings. The Bertz CT molecular complexity index is 265. The van der Waals surface area contributed by atoms with Gasteiger partial charge in [-0.15, -0.1) is 11.6 Å². The fraction of sp³-hybridized carbons (Fsp3) is 0.818. The number of piperazine rings is 1. The number of methoxy groups -OCH3 is 1. The molecule has 0 bridgehead atoms. The lowest BCUT2D eigenvalue weighted by Gasteiger charge is -2.34. The first-order valence-corrected chi connectivity index (χ1v) is 6.33. The Morgan fingerprint density at radius 3 is 2.35 bits per heavy atom. The van der Waals surface area contributed by atoms with E-state index in [1.54, 1.807) is 0 Å². The molecular weight excluding hydrogens is 244 g/mol. The number of rotatable bonds is 5. The van der Waals surface area contributed by atoms with Crippen LogP contribution in [0.2, 0.25) is 0 Å². The van der Waals surface area contributed by atoms with Crippen LogP contribution in [-0.2, 0) is 14.3 Å². The van der Waals surface area contributed by atoms with Gasteiger partial charge in [-0.1, -0.05) is 0 Å². The Balaban J connectivity index is 2.21. The molecule has 0 aromatic heterocycles. The van der Waals surface area contributed by atoms with E-state index in [0.29, 0.717) is 25.3 Å². The zero-order chi connectivity index (χ0) is 12.7. The Labute approximate surface area is 107 Å². The summed E-state index contributed by atoms with van der Waals surface area (Å²) in [7, 11) is 1.39. The normalized spacial score (nSPS) is 16.9. The van der Waals surface area contributed by atoms with Crippen LogP contribution in [0.1, 0.15) is 12.8 Å². The highest BCUT2D eigenvalue weighted by atomic mass is 35.5. The van der Waals surface area contributed by atoms with E-state index in [9.17, 15) is 9.59 Å². The first-order valence-electron chi connectivity index (χ1n) is 5.80. The summed E-state index contributed by atoms with van der Waals surface area (Å²) in [6.07, 6.45) is 0.815. The molecular formula is C11H19ClN2O3. The molecule has 1 aliphatic heterocycles. The van der Waals surface area contributed by atoms with Gasteiger partial charge in [0.05, 0.1) is 13.5 Å². The first-order chi connectivity index (χ1) is 8.17. The van der Waals surface area contributed by atoms with E-state index >= 15 is 0 Å². The predicted molar refractivity (Wildman–Crippen MR) is 65.0 cm³/mol. The van der Waals surface area contributed by atoms with Gasteiger partial charge >= 0.3 is 5.97 Å². The van der Waals surface area contributed by atoms with Gasteiger partial charge in [0.1, 0.15) is 0 Å². The van der Waals surface area contributed by atoms with Crippen molar-refractivity contribution in [2.24, 2.45) is 0 Å². The van der Waals surface area contributed by atoms with Crippen LogP contribution < -0.4 is 0 Å². The minimum atomic E-state index is -0.189. The van der Waals surface area contributed by atoms with Gasteiger partial charge in [0.2, 0.25) is 5.91 Å². The average Bonchev–Trinajstić information content (AvgIpc) is 2.36. The molecule has 0 saturated carbocycles. The zero-order valence-corrected chi connectivity index (χ0v) is 10.9. The van der Waals surface area contributed by atoms with Gasteiger partial charge in [-0.3, -0.25) is 14.5 Å². The largest absolute Gasteiger partial charge is 0.469 e. The topological polar surface area (TPSA) is 49.9 Å². The van der Waals surface area contributed by atoms with E-state index in [-0.39, 0.29) is 11.9 Å². The number of nitrogens with zero attached hydrogens (tertiary/aromatic N) is 2. The van der Waals surface area contributed by atoms with E-state index in [1.165, 1.54) is 7.11 Å². The molecule has 1 saturated heterocycles. The highest BCUT2D eigenvalue weighted by molar-refractivity contribution is 6.18. The third-order valence-corrected chi connectivity index (χ3v) is 3.08. The van der Waals surface area contributed by atoms with Crippen molar-refractivity contribution in [1.82, 2.24) is 9.80 Å². The number of hydrogen-bond donors (Lipinski definition) is 0. The van der Waals surface area contributed by atoms with Crippen LogP contribution in [0.25, 0.3) is 0 Å². The van der Waals surface area contributed by atoms with Crippen molar-refractivity contribution in [2.45, 2.75) is 12.8 Å². The number of carbonyl (C=O) groups excluding carboxylic acids is 2. The summed E-state index contributed by atoms with van der Waals surface area (Å²) >= 11 is 5.54. The lowest BCUT2D eigenvalue weighted by atomic mass is 10.2. The minimum Gasteiger partial charge on any atom is -0.469 e. The van der Waals surface area contributed by atoms with Gasteiger partial charge < -0.3 is 9.64 Å². The fourth-order valence-corrected chi connectivity index (χ4v) is 1.97. The summed E-state index contributed by atoms with van der Waals surface area (Å²) in [5.74, 6) is 0.305. The van der Waals surface area contributed by atoms with Gasteiger partial charge in [-0.2, -0.15) is 0 Å². The third kappa shape index (κ3) is 4.91. The van der Waals surface area contributed by atoms with Crippen molar-refractivity contribution < 1.29 is 14.3 Å². The number of ether oxygens (including phenoxy) is 1. The summed E-state index contributed by atoms with van der Waals surface area (Å²) in [5.41, 5.74) is 0. The molecule has 6 heteroatoms. The highest BCUT2D eigenvalue weighted by Crippen LogP contribution is 2.05. The molecule has 1 rings (SSSR count). The van der Waals surface area contributed by atoms with Gasteiger partial charge in [-0.05, 0) is 0 Å². The summed E-state index contributed by atoms with van der Waals surface area (Å²) in [4.78, 5) is 26.5. The molecule has 1 aliphatic rings. The second kappa shape index (κ2) is 7.50. The van der Waals surface area contributed by atoms with Crippen LogP contribution in [-0.4, -0.2) is 67.4 Å². The van der Waals surface area contributed by atoms with Crippen LogP contribution in [0.4, 0.5) is 0 Å². The molecule has 5 nitrogen and oxygen atoms in total. The maximum Gasteiger partial charge on any atom is 0.306 e. The Hall–Kier alpha value is -0.810. The molecule has 1 fully saturated rings. The van der Waals surface area contributed by atoms with Crippen molar-refractivity contribution in [2.75, 3.05) is 45.7 Å². The molecule has 0 atom stereocenters. The lowest BCUT2D eigenvalue weighted by molar-refractivity contribution is -0.141. The quantitative estimate of drug-likeness (QED) is 0.529.